The number of rotatable bonds is 7. The summed E-state index contributed by atoms with van der Waals surface area (Å²) in [7, 11) is 0. The molecule has 32 heavy (non-hydrogen) atoms. The zero-order valence-electron chi connectivity index (χ0n) is 17.9. The van der Waals surface area contributed by atoms with Gasteiger partial charge in [-0.3, -0.25) is 19.8 Å². The molecule has 0 bridgehead atoms. The molecule has 9 heteroatoms. The molecule has 166 valence electrons. The Kier molecular flexibility index (Phi) is 6.46. The second kappa shape index (κ2) is 9.61. The van der Waals surface area contributed by atoms with E-state index in [4.69, 9.17) is 4.74 Å². The Labute approximate surface area is 186 Å². The Bertz CT molecular complexity index is 1110. The third kappa shape index (κ3) is 4.94. The number of nitro benzene ring substituents is 1. The van der Waals surface area contributed by atoms with Crippen molar-refractivity contribution < 1.29 is 14.5 Å². The van der Waals surface area contributed by atoms with Crippen molar-refractivity contribution in [1.82, 2.24) is 19.6 Å². The summed E-state index contributed by atoms with van der Waals surface area (Å²) in [6, 6.07) is 16.2. The van der Waals surface area contributed by atoms with E-state index >= 15 is 0 Å². The van der Waals surface area contributed by atoms with Crippen molar-refractivity contribution in [1.29, 1.82) is 0 Å². The highest BCUT2D eigenvalue weighted by molar-refractivity contribution is 5.92. The second-order valence-corrected chi connectivity index (χ2v) is 7.73. The van der Waals surface area contributed by atoms with Gasteiger partial charge in [-0.25, -0.2) is 4.68 Å². The first-order valence-corrected chi connectivity index (χ1v) is 10.5. The Morgan fingerprint density at radius 2 is 1.78 bits per heavy atom. The smallest absolute Gasteiger partial charge is 0.311 e. The number of hydrogen-bond donors (Lipinski definition) is 0. The highest BCUT2D eigenvalue weighted by Crippen LogP contribution is 2.26. The number of nitro groups is 1. The molecule has 0 aliphatic carbocycles. The minimum absolute atomic E-state index is 0.0255. The number of piperazine rings is 1. The van der Waals surface area contributed by atoms with Crippen LogP contribution in [0.25, 0.3) is 0 Å². The number of carbonyl (C=O) groups is 1. The van der Waals surface area contributed by atoms with Crippen LogP contribution in [-0.4, -0.2) is 56.6 Å². The highest BCUT2D eigenvalue weighted by Gasteiger charge is 2.24. The number of nitrogens with zero attached hydrogens (tertiary/aromatic N) is 5. The van der Waals surface area contributed by atoms with Crippen molar-refractivity contribution in [3.05, 3.63) is 87.7 Å². The van der Waals surface area contributed by atoms with Gasteiger partial charge in [-0.05, 0) is 30.2 Å². The van der Waals surface area contributed by atoms with Crippen LogP contribution < -0.4 is 4.74 Å². The van der Waals surface area contributed by atoms with Crippen molar-refractivity contribution in [3.8, 4) is 5.75 Å². The van der Waals surface area contributed by atoms with E-state index in [0.717, 1.165) is 19.6 Å². The number of hydrogen-bond acceptors (Lipinski definition) is 6. The highest BCUT2D eigenvalue weighted by atomic mass is 16.6. The fraction of sp³-hybridized carbons (Fsp3) is 0.304. The molecule has 4 rings (SSSR count). The van der Waals surface area contributed by atoms with Crippen molar-refractivity contribution in [2.75, 3.05) is 26.2 Å². The summed E-state index contributed by atoms with van der Waals surface area (Å²) in [6.45, 7) is 5.87. The number of para-hydroxylation sites is 2. The predicted octanol–water partition coefficient (Wildman–Crippen LogP) is 3.09. The Hall–Kier alpha value is -3.72. The van der Waals surface area contributed by atoms with Crippen LogP contribution in [0.5, 0.6) is 5.75 Å². The zero-order chi connectivity index (χ0) is 22.5. The quantitative estimate of drug-likeness (QED) is 0.418. The van der Waals surface area contributed by atoms with Gasteiger partial charge >= 0.3 is 5.69 Å². The van der Waals surface area contributed by atoms with Crippen molar-refractivity contribution in [2.24, 2.45) is 0 Å². The van der Waals surface area contributed by atoms with E-state index in [9.17, 15) is 14.9 Å². The molecule has 1 saturated heterocycles. The Morgan fingerprint density at radius 1 is 1.06 bits per heavy atom. The molecular weight excluding hydrogens is 410 g/mol. The number of carbonyl (C=O) groups excluding carboxylic acids is 1. The summed E-state index contributed by atoms with van der Waals surface area (Å²) >= 11 is 0. The van der Waals surface area contributed by atoms with Crippen LogP contribution >= 0.6 is 0 Å². The molecule has 1 fully saturated rings. The lowest BCUT2D eigenvalue weighted by molar-refractivity contribution is -0.386. The molecule has 1 aromatic heterocycles. The van der Waals surface area contributed by atoms with Crippen LogP contribution in [0.2, 0.25) is 0 Å². The van der Waals surface area contributed by atoms with Crippen molar-refractivity contribution in [3.63, 3.8) is 0 Å². The van der Waals surface area contributed by atoms with Gasteiger partial charge in [0.15, 0.2) is 18.2 Å². The molecule has 0 N–H and O–H groups in total. The van der Waals surface area contributed by atoms with Gasteiger partial charge in [0, 0.05) is 45.0 Å². The van der Waals surface area contributed by atoms with Gasteiger partial charge in [0.05, 0.1) is 4.92 Å². The van der Waals surface area contributed by atoms with Crippen LogP contribution in [0.15, 0.2) is 60.8 Å². The van der Waals surface area contributed by atoms with Gasteiger partial charge in [-0.2, -0.15) is 5.10 Å². The fourth-order valence-corrected chi connectivity index (χ4v) is 3.71. The fourth-order valence-electron chi connectivity index (χ4n) is 3.71. The van der Waals surface area contributed by atoms with E-state index in [1.54, 1.807) is 24.4 Å². The molecule has 0 spiro atoms. The lowest BCUT2D eigenvalue weighted by atomic mass is 10.1. The van der Waals surface area contributed by atoms with E-state index in [1.807, 2.05) is 11.0 Å². The molecule has 1 aliphatic rings. The number of aryl methyl sites for hydroxylation is 1. The Morgan fingerprint density at radius 3 is 2.53 bits per heavy atom. The van der Waals surface area contributed by atoms with Crippen molar-refractivity contribution in [2.45, 2.75) is 20.2 Å². The standard InChI is InChI=1S/C23H25N5O4/c1-18-6-2-3-7-19(18)16-25-12-14-26(15-13-25)23(29)20-10-11-27(24-20)17-32-22-9-5-4-8-21(22)28(30)31/h2-11H,12-17H2,1H3. The molecule has 0 atom stereocenters. The molecule has 0 unspecified atom stereocenters. The largest absolute Gasteiger partial charge is 0.464 e. The molecular formula is C23H25N5O4. The predicted molar refractivity (Wildman–Crippen MR) is 118 cm³/mol. The minimum Gasteiger partial charge on any atom is -0.464 e. The molecule has 2 aromatic carbocycles. The molecule has 1 amide bonds. The van der Waals surface area contributed by atoms with Gasteiger partial charge < -0.3 is 9.64 Å². The summed E-state index contributed by atoms with van der Waals surface area (Å²) in [5.41, 5.74) is 2.81. The first kappa shape index (κ1) is 21.5. The SMILES string of the molecule is Cc1ccccc1CN1CCN(C(=O)c2ccn(COc3ccccc3[N+](=O)[O-])n2)CC1. The average Bonchev–Trinajstić information content (AvgIpc) is 3.28. The molecule has 9 nitrogen and oxygen atoms in total. The van der Waals surface area contributed by atoms with Gasteiger partial charge in [-0.1, -0.05) is 36.4 Å². The van der Waals surface area contributed by atoms with Gasteiger partial charge in [0.25, 0.3) is 5.91 Å². The van der Waals surface area contributed by atoms with Gasteiger partial charge in [0.1, 0.15) is 0 Å². The summed E-state index contributed by atoms with van der Waals surface area (Å²) < 4.78 is 6.99. The summed E-state index contributed by atoms with van der Waals surface area (Å²) in [5.74, 6) is 0.0376. The van der Waals surface area contributed by atoms with Crippen molar-refractivity contribution >= 4 is 11.6 Å². The Balaban J connectivity index is 1.31. The summed E-state index contributed by atoms with van der Waals surface area (Å²) in [4.78, 5) is 27.6. The molecule has 3 aromatic rings. The van der Waals surface area contributed by atoms with E-state index in [-0.39, 0.29) is 24.1 Å². The third-order valence-electron chi connectivity index (χ3n) is 5.59. The third-order valence-corrected chi connectivity index (χ3v) is 5.59. The lowest BCUT2D eigenvalue weighted by Crippen LogP contribution is -2.48. The average molecular weight is 435 g/mol. The van der Waals surface area contributed by atoms with Crippen LogP contribution in [0.3, 0.4) is 0 Å². The molecule has 0 radical (unpaired) electrons. The van der Waals surface area contributed by atoms with Crippen LogP contribution in [0.4, 0.5) is 5.69 Å². The van der Waals surface area contributed by atoms with E-state index in [1.165, 1.54) is 27.9 Å². The summed E-state index contributed by atoms with van der Waals surface area (Å²) in [5, 5.41) is 15.4. The van der Waals surface area contributed by atoms with E-state index < -0.39 is 4.92 Å². The number of ether oxygens (including phenoxy) is 1. The van der Waals surface area contributed by atoms with E-state index in [0.29, 0.717) is 18.8 Å². The monoisotopic (exact) mass is 435 g/mol. The lowest BCUT2D eigenvalue weighted by Gasteiger charge is -2.34. The number of amides is 1. The first-order chi connectivity index (χ1) is 15.5. The zero-order valence-corrected chi connectivity index (χ0v) is 17.9. The van der Waals surface area contributed by atoms with Gasteiger partial charge in [0.2, 0.25) is 0 Å². The maximum atomic E-state index is 12.9. The minimum atomic E-state index is -0.494. The molecule has 1 aliphatic heterocycles. The second-order valence-electron chi connectivity index (χ2n) is 7.73. The van der Waals surface area contributed by atoms with Gasteiger partial charge in [-0.15, -0.1) is 0 Å². The maximum absolute atomic E-state index is 12.9. The molecule has 2 heterocycles. The number of aromatic nitrogens is 2. The molecule has 0 saturated carbocycles. The normalized spacial score (nSPS) is 14.3. The number of benzene rings is 2. The summed E-state index contributed by atoms with van der Waals surface area (Å²) in [6.07, 6.45) is 1.64. The topological polar surface area (TPSA) is 93.7 Å². The first-order valence-electron chi connectivity index (χ1n) is 10.5. The van der Waals surface area contributed by atoms with Crippen LogP contribution in [0.1, 0.15) is 21.6 Å². The maximum Gasteiger partial charge on any atom is 0.311 e. The van der Waals surface area contributed by atoms with Crippen LogP contribution in [-0.2, 0) is 13.3 Å². The van der Waals surface area contributed by atoms with Crippen LogP contribution in [0, 0.1) is 17.0 Å². The van der Waals surface area contributed by atoms with E-state index in [2.05, 4.69) is 35.1 Å².